The van der Waals surface area contributed by atoms with E-state index >= 15 is 0 Å². The molecule has 3 heteroatoms. The van der Waals surface area contributed by atoms with Crippen LogP contribution in [0.1, 0.15) is 55.2 Å². The van der Waals surface area contributed by atoms with Gasteiger partial charge in [0.1, 0.15) is 12.4 Å². The van der Waals surface area contributed by atoms with E-state index in [2.05, 4.69) is 37.3 Å². The second-order valence-electron chi connectivity index (χ2n) is 7.11. The van der Waals surface area contributed by atoms with Crippen LogP contribution in [-0.4, -0.2) is 22.7 Å². The molecule has 1 unspecified atom stereocenters. The molecule has 1 saturated carbocycles. The third-order valence-corrected chi connectivity index (χ3v) is 6.15. The summed E-state index contributed by atoms with van der Waals surface area (Å²) in [7, 11) is 0. The van der Waals surface area contributed by atoms with Gasteiger partial charge in [0.25, 0.3) is 0 Å². The zero-order chi connectivity index (χ0) is 18.2. The quantitative estimate of drug-likeness (QED) is 0.625. The Morgan fingerprint density at radius 1 is 1.08 bits per heavy atom. The van der Waals surface area contributed by atoms with Gasteiger partial charge in [-0.1, -0.05) is 68.3 Å². The van der Waals surface area contributed by atoms with E-state index in [1.165, 1.54) is 36.8 Å². The number of thioether (sulfide) groups is 1. The Labute approximate surface area is 162 Å². The van der Waals surface area contributed by atoms with E-state index < -0.39 is 0 Å². The maximum atomic E-state index is 10.4. The molecule has 2 nitrogen and oxygen atoms in total. The number of hydrogen-bond donors (Lipinski definition) is 1. The van der Waals surface area contributed by atoms with Crippen molar-refractivity contribution in [2.24, 2.45) is 0 Å². The lowest BCUT2D eigenvalue weighted by atomic mass is 9.93. The molecule has 26 heavy (non-hydrogen) atoms. The largest absolute Gasteiger partial charge is 0.488 e. The fourth-order valence-corrected chi connectivity index (χ4v) is 4.42. The summed E-state index contributed by atoms with van der Waals surface area (Å²) >= 11 is 1.79. The highest BCUT2D eigenvalue weighted by Crippen LogP contribution is 2.40. The Kier molecular flexibility index (Phi) is 7.45. The molecule has 0 amide bonds. The van der Waals surface area contributed by atoms with Crippen LogP contribution in [0, 0.1) is 0 Å². The highest BCUT2D eigenvalue weighted by atomic mass is 32.2. The fraction of sp³-hybridized carbons (Fsp3) is 0.478. The average Bonchev–Trinajstić information content (AvgIpc) is 3.20. The van der Waals surface area contributed by atoms with E-state index in [4.69, 9.17) is 4.74 Å². The minimum Gasteiger partial charge on any atom is -0.488 e. The summed E-state index contributed by atoms with van der Waals surface area (Å²) in [5.41, 5.74) is 3.67. The number of ether oxygens (including phenoxy) is 1. The molecule has 1 aliphatic carbocycles. The first-order valence-electron chi connectivity index (χ1n) is 9.82. The smallest absolute Gasteiger partial charge is 0.126 e. The summed E-state index contributed by atoms with van der Waals surface area (Å²) in [5.74, 6) is 3.44. The lowest BCUT2D eigenvalue weighted by molar-refractivity contribution is 0.197. The topological polar surface area (TPSA) is 29.5 Å². The van der Waals surface area contributed by atoms with Crippen LogP contribution in [0.3, 0.4) is 0 Å². The van der Waals surface area contributed by atoms with Crippen LogP contribution in [0.2, 0.25) is 0 Å². The number of rotatable bonds is 9. The maximum Gasteiger partial charge on any atom is 0.126 e. The molecule has 140 valence electrons. The van der Waals surface area contributed by atoms with E-state index in [-0.39, 0.29) is 6.10 Å². The molecule has 2 aromatic carbocycles. The number of para-hydroxylation sites is 1. The standard InChI is InChI=1S/C23H30O2S/c1-2-26-17-21(24)15-20-13-8-14-22(19-11-6-7-12-19)23(20)25-16-18-9-4-3-5-10-18/h3-5,8-10,13-14,19,21,24H,2,6-7,11-12,15-17H2,1H3. The van der Waals surface area contributed by atoms with Crippen molar-refractivity contribution in [1.29, 1.82) is 0 Å². The molecule has 3 rings (SSSR count). The third kappa shape index (κ3) is 5.28. The van der Waals surface area contributed by atoms with Gasteiger partial charge < -0.3 is 9.84 Å². The third-order valence-electron chi connectivity index (χ3n) is 5.12. The molecule has 1 aliphatic rings. The summed E-state index contributed by atoms with van der Waals surface area (Å²) in [6, 6.07) is 16.8. The van der Waals surface area contributed by atoms with Crippen LogP contribution in [0.5, 0.6) is 5.75 Å². The highest BCUT2D eigenvalue weighted by molar-refractivity contribution is 7.99. The van der Waals surface area contributed by atoms with Crippen molar-refractivity contribution in [3.8, 4) is 5.75 Å². The zero-order valence-corrected chi connectivity index (χ0v) is 16.5. The Balaban J connectivity index is 1.81. The molecular weight excluding hydrogens is 340 g/mol. The molecule has 0 heterocycles. The summed E-state index contributed by atoms with van der Waals surface area (Å²) in [6.45, 7) is 2.71. The SMILES string of the molecule is CCSCC(O)Cc1cccc(C2CCCC2)c1OCc1ccccc1. The lowest BCUT2D eigenvalue weighted by Crippen LogP contribution is -2.15. The summed E-state index contributed by atoms with van der Waals surface area (Å²) in [5, 5.41) is 10.4. The van der Waals surface area contributed by atoms with Gasteiger partial charge in [-0.2, -0.15) is 11.8 Å². The van der Waals surface area contributed by atoms with Crippen LogP contribution in [0.4, 0.5) is 0 Å². The molecule has 0 aromatic heterocycles. The van der Waals surface area contributed by atoms with Crippen molar-refractivity contribution in [3.05, 3.63) is 65.2 Å². The monoisotopic (exact) mass is 370 g/mol. The highest BCUT2D eigenvalue weighted by Gasteiger charge is 2.23. The molecule has 0 saturated heterocycles. The normalized spacial score (nSPS) is 15.9. The van der Waals surface area contributed by atoms with Crippen LogP contribution in [0.25, 0.3) is 0 Å². The molecule has 1 fully saturated rings. The van der Waals surface area contributed by atoms with Gasteiger partial charge in [0.15, 0.2) is 0 Å². The fourth-order valence-electron chi connectivity index (χ4n) is 3.80. The van der Waals surface area contributed by atoms with Crippen LogP contribution in [0.15, 0.2) is 48.5 Å². The van der Waals surface area contributed by atoms with Gasteiger partial charge in [-0.05, 0) is 41.2 Å². The minimum atomic E-state index is -0.321. The molecule has 1 N–H and O–H groups in total. The molecule has 0 bridgehead atoms. The van der Waals surface area contributed by atoms with Gasteiger partial charge >= 0.3 is 0 Å². The van der Waals surface area contributed by atoms with Crippen molar-refractivity contribution >= 4 is 11.8 Å². The second-order valence-corrected chi connectivity index (χ2v) is 8.43. The first-order valence-corrected chi connectivity index (χ1v) is 11.0. The van der Waals surface area contributed by atoms with E-state index in [1.807, 2.05) is 18.2 Å². The van der Waals surface area contributed by atoms with Gasteiger partial charge in [0.2, 0.25) is 0 Å². The van der Waals surface area contributed by atoms with Crippen molar-refractivity contribution < 1.29 is 9.84 Å². The number of hydrogen-bond acceptors (Lipinski definition) is 3. The first kappa shape index (κ1) is 19.3. The van der Waals surface area contributed by atoms with Gasteiger partial charge in [-0.3, -0.25) is 0 Å². The molecule has 1 atom stereocenters. The summed E-state index contributed by atoms with van der Waals surface area (Å²) in [6.07, 6.45) is 5.46. The first-order chi connectivity index (χ1) is 12.8. The number of benzene rings is 2. The summed E-state index contributed by atoms with van der Waals surface area (Å²) in [4.78, 5) is 0. The van der Waals surface area contributed by atoms with E-state index in [0.29, 0.717) is 18.9 Å². The maximum absolute atomic E-state index is 10.4. The number of aliphatic hydroxyl groups is 1. The van der Waals surface area contributed by atoms with Crippen molar-refractivity contribution in [1.82, 2.24) is 0 Å². The van der Waals surface area contributed by atoms with Crippen molar-refractivity contribution in [2.75, 3.05) is 11.5 Å². The van der Waals surface area contributed by atoms with Gasteiger partial charge in [-0.25, -0.2) is 0 Å². The van der Waals surface area contributed by atoms with Crippen LogP contribution in [-0.2, 0) is 13.0 Å². The molecule has 0 aliphatic heterocycles. The zero-order valence-electron chi connectivity index (χ0n) is 15.7. The van der Waals surface area contributed by atoms with E-state index in [1.54, 1.807) is 11.8 Å². The van der Waals surface area contributed by atoms with Gasteiger partial charge in [0.05, 0.1) is 6.10 Å². The lowest BCUT2D eigenvalue weighted by Gasteiger charge is -2.21. The Morgan fingerprint density at radius 2 is 1.85 bits per heavy atom. The van der Waals surface area contributed by atoms with Crippen molar-refractivity contribution in [2.45, 2.75) is 57.7 Å². The summed E-state index contributed by atoms with van der Waals surface area (Å²) < 4.78 is 6.35. The van der Waals surface area contributed by atoms with Crippen molar-refractivity contribution in [3.63, 3.8) is 0 Å². The molecule has 0 spiro atoms. The molecular formula is C23H30O2S. The molecule has 0 radical (unpaired) electrons. The molecule has 2 aromatic rings. The van der Waals surface area contributed by atoms with E-state index in [0.717, 1.165) is 22.8 Å². The Bertz CT molecular complexity index is 665. The Hall–Kier alpha value is -1.45. The van der Waals surface area contributed by atoms with Crippen LogP contribution >= 0.6 is 11.8 Å². The van der Waals surface area contributed by atoms with Gasteiger partial charge in [-0.15, -0.1) is 0 Å². The number of aliphatic hydroxyl groups excluding tert-OH is 1. The minimum absolute atomic E-state index is 0.321. The van der Waals surface area contributed by atoms with Gasteiger partial charge in [0, 0.05) is 12.2 Å². The average molecular weight is 371 g/mol. The second kappa shape index (κ2) is 10.0. The predicted octanol–water partition coefficient (Wildman–Crippen LogP) is 5.58. The van der Waals surface area contributed by atoms with E-state index in [9.17, 15) is 5.11 Å². The van der Waals surface area contributed by atoms with Crippen LogP contribution < -0.4 is 4.74 Å². The predicted molar refractivity (Wildman–Crippen MR) is 111 cm³/mol. The Morgan fingerprint density at radius 3 is 2.58 bits per heavy atom.